The van der Waals surface area contributed by atoms with E-state index >= 15 is 0 Å². The Morgan fingerprint density at radius 2 is 2.60 bits per heavy atom. The van der Waals surface area contributed by atoms with Crippen molar-refractivity contribution >= 4 is 0 Å². The Hall–Kier alpha value is -0.550. The molecule has 0 aromatic heterocycles. The molecule has 2 nitrogen and oxygen atoms in total. The predicted molar refractivity (Wildman–Crippen MR) is 16.9 cm³/mol. The molecule has 0 unspecified atom stereocenters. The zero-order chi connectivity index (χ0) is 4.12. The zero-order valence-electron chi connectivity index (χ0n) is 2.77. The van der Waals surface area contributed by atoms with Gasteiger partial charge < -0.3 is 4.74 Å². The molecule has 0 rings (SSSR count). The quantitative estimate of drug-likeness (QED) is 0.445. The summed E-state index contributed by atoms with van der Waals surface area (Å²) in [5.41, 5.74) is 0. The van der Waals surface area contributed by atoms with E-state index in [4.69, 9.17) is 5.26 Å². The van der Waals surface area contributed by atoms with E-state index in [1.54, 1.807) is 6.07 Å². The van der Waals surface area contributed by atoms with E-state index in [0.717, 1.165) is 0 Å². The fourth-order valence-corrected chi connectivity index (χ4v) is 0.0456. The van der Waals surface area contributed by atoms with Crippen LogP contribution < -0.4 is 0 Å². The van der Waals surface area contributed by atoms with Crippen LogP contribution >= 0.6 is 0 Å². The van der Waals surface area contributed by atoms with E-state index in [0.29, 0.717) is 0 Å². The van der Waals surface area contributed by atoms with Gasteiger partial charge in [0, 0.05) is 0 Å². The molecular formula is C3H4NO. The molecule has 0 spiro atoms. The van der Waals surface area contributed by atoms with Crippen LogP contribution in [-0.2, 0) is 4.74 Å². The summed E-state index contributed by atoms with van der Waals surface area (Å²) in [4.78, 5) is 0. The molecule has 0 aliphatic heterocycles. The van der Waals surface area contributed by atoms with Gasteiger partial charge in [-0.3, -0.25) is 0 Å². The van der Waals surface area contributed by atoms with Crippen LogP contribution in [-0.4, -0.2) is 6.61 Å². The van der Waals surface area contributed by atoms with E-state index in [9.17, 15) is 0 Å². The van der Waals surface area contributed by atoms with Crippen molar-refractivity contribution in [2.75, 3.05) is 6.61 Å². The van der Waals surface area contributed by atoms with Gasteiger partial charge in [-0.15, -0.1) is 0 Å². The predicted octanol–water partition coefficient (Wildman–Crippen LogP) is 0.318. The highest BCUT2D eigenvalue weighted by Crippen LogP contribution is 1.57. The number of nitriles is 1. The molecule has 0 amide bonds. The second-order valence-corrected chi connectivity index (χ2v) is 0.507. The number of ether oxygens (including phenoxy) is 1. The van der Waals surface area contributed by atoms with Crippen LogP contribution in [0.25, 0.3) is 0 Å². The van der Waals surface area contributed by atoms with Gasteiger partial charge >= 0.3 is 0 Å². The fraction of sp³-hybridized carbons (Fsp3) is 0.333. The number of hydrogen-bond acceptors (Lipinski definition) is 2. The summed E-state index contributed by atoms with van der Waals surface area (Å²) in [5, 5.41) is 7.65. The van der Waals surface area contributed by atoms with Crippen LogP contribution in [0.4, 0.5) is 0 Å². The summed E-state index contributed by atoms with van der Waals surface area (Å²) >= 11 is 0. The highest BCUT2D eigenvalue weighted by atomic mass is 16.5. The zero-order valence-corrected chi connectivity index (χ0v) is 2.77. The van der Waals surface area contributed by atoms with Gasteiger partial charge in [0.05, 0.1) is 13.2 Å². The third kappa shape index (κ3) is 3.45. The first-order valence-corrected chi connectivity index (χ1v) is 1.15. The van der Waals surface area contributed by atoms with Crippen molar-refractivity contribution in [1.29, 1.82) is 5.26 Å². The number of nitrogens with zero attached hydrogens (tertiary/aromatic N) is 1. The molecule has 0 saturated heterocycles. The number of hydrogen-bond donors (Lipinski definition) is 0. The smallest absolute Gasteiger partial charge is 0.133 e. The molecule has 2 heteroatoms. The SMILES string of the molecule is [CH2]OCC#N. The molecule has 0 saturated carbocycles. The van der Waals surface area contributed by atoms with E-state index in [1.165, 1.54) is 0 Å². The third-order valence-corrected chi connectivity index (χ3v) is 0.167. The van der Waals surface area contributed by atoms with E-state index in [1.807, 2.05) is 0 Å². The lowest BCUT2D eigenvalue weighted by Gasteiger charge is -1.73. The average Bonchev–Trinajstić information content (AvgIpc) is 1.41. The topological polar surface area (TPSA) is 33.0 Å². The van der Waals surface area contributed by atoms with Gasteiger partial charge in [-0.1, -0.05) is 0 Å². The van der Waals surface area contributed by atoms with Crippen LogP contribution in [0.3, 0.4) is 0 Å². The first-order valence-electron chi connectivity index (χ1n) is 1.15. The van der Waals surface area contributed by atoms with Crippen molar-refractivity contribution in [2.24, 2.45) is 0 Å². The van der Waals surface area contributed by atoms with Crippen molar-refractivity contribution < 1.29 is 4.74 Å². The second kappa shape index (κ2) is 3.45. The van der Waals surface area contributed by atoms with Gasteiger partial charge in [-0.05, 0) is 0 Å². The highest BCUT2D eigenvalue weighted by Gasteiger charge is 1.62. The minimum Gasteiger partial charge on any atom is -0.364 e. The lowest BCUT2D eigenvalue weighted by molar-refractivity contribution is 0.286. The Morgan fingerprint density at radius 1 is 2.00 bits per heavy atom. The van der Waals surface area contributed by atoms with Crippen LogP contribution in [0.5, 0.6) is 0 Å². The summed E-state index contributed by atoms with van der Waals surface area (Å²) in [6.45, 7) is 0.0833. The summed E-state index contributed by atoms with van der Waals surface area (Å²) in [5.74, 6) is 0. The van der Waals surface area contributed by atoms with E-state index in [2.05, 4.69) is 11.8 Å². The molecule has 27 valence electrons. The van der Waals surface area contributed by atoms with Gasteiger partial charge in [0.15, 0.2) is 0 Å². The Balaban J connectivity index is 2.48. The molecule has 5 heavy (non-hydrogen) atoms. The van der Waals surface area contributed by atoms with Crippen LogP contribution in [0.15, 0.2) is 0 Å². The molecule has 0 aromatic carbocycles. The Bertz CT molecular complexity index is 45.3. The Morgan fingerprint density at radius 3 is 2.60 bits per heavy atom. The van der Waals surface area contributed by atoms with Crippen LogP contribution in [0.1, 0.15) is 0 Å². The Labute approximate surface area is 31.0 Å². The van der Waals surface area contributed by atoms with E-state index < -0.39 is 0 Å². The monoisotopic (exact) mass is 70.0 g/mol. The molecule has 0 aliphatic carbocycles. The average molecular weight is 70.1 g/mol. The molecule has 1 radical (unpaired) electrons. The van der Waals surface area contributed by atoms with Gasteiger partial charge in [0.25, 0.3) is 0 Å². The summed E-state index contributed by atoms with van der Waals surface area (Å²) < 4.78 is 4.08. The molecule has 0 bridgehead atoms. The molecule has 0 N–H and O–H groups in total. The lowest BCUT2D eigenvalue weighted by Crippen LogP contribution is -1.74. The largest absolute Gasteiger partial charge is 0.364 e. The molecule has 0 fully saturated rings. The van der Waals surface area contributed by atoms with Gasteiger partial charge in [-0.25, -0.2) is 0 Å². The molecule has 0 aromatic rings. The summed E-state index contributed by atoms with van der Waals surface area (Å²) in [7, 11) is 2.95. The first kappa shape index (κ1) is 4.45. The molecular weight excluding hydrogens is 66.0 g/mol. The maximum absolute atomic E-state index is 7.65. The molecule has 0 atom stereocenters. The van der Waals surface area contributed by atoms with Gasteiger partial charge in [0.1, 0.15) is 6.61 Å². The van der Waals surface area contributed by atoms with Crippen molar-refractivity contribution in [1.82, 2.24) is 0 Å². The number of rotatable bonds is 1. The van der Waals surface area contributed by atoms with Crippen molar-refractivity contribution in [3.63, 3.8) is 0 Å². The third-order valence-electron chi connectivity index (χ3n) is 0.167. The van der Waals surface area contributed by atoms with Crippen molar-refractivity contribution in [3.05, 3.63) is 7.11 Å². The fourth-order valence-electron chi connectivity index (χ4n) is 0.0456. The first-order chi connectivity index (χ1) is 2.41. The lowest BCUT2D eigenvalue weighted by atomic mass is 10.8. The van der Waals surface area contributed by atoms with Crippen LogP contribution in [0, 0.1) is 18.4 Å². The maximum Gasteiger partial charge on any atom is 0.133 e. The van der Waals surface area contributed by atoms with Gasteiger partial charge in [-0.2, -0.15) is 5.26 Å². The van der Waals surface area contributed by atoms with Crippen LogP contribution in [0.2, 0.25) is 0 Å². The van der Waals surface area contributed by atoms with Crippen molar-refractivity contribution in [3.8, 4) is 6.07 Å². The van der Waals surface area contributed by atoms with Crippen molar-refractivity contribution in [2.45, 2.75) is 0 Å². The van der Waals surface area contributed by atoms with Gasteiger partial charge in [0.2, 0.25) is 0 Å². The Kier molecular flexibility index (Phi) is 3.07. The molecule has 0 heterocycles. The second-order valence-electron chi connectivity index (χ2n) is 0.507. The highest BCUT2D eigenvalue weighted by molar-refractivity contribution is 4.65. The minimum atomic E-state index is 0.0833. The maximum atomic E-state index is 7.65. The summed E-state index contributed by atoms with van der Waals surface area (Å²) in [6, 6.07) is 1.73. The molecule has 0 aliphatic rings. The minimum absolute atomic E-state index is 0.0833. The van der Waals surface area contributed by atoms with E-state index in [-0.39, 0.29) is 6.61 Å². The summed E-state index contributed by atoms with van der Waals surface area (Å²) in [6.07, 6.45) is 0. The normalized spacial score (nSPS) is 6.40. The standard InChI is InChI=1S/C3H4NO/c1-5-3-2-4/h1,3H2.